The fourth-order valence-electron chi connectivity index (χ4n) is 1.75. The SMILES string of the molecule is CNCCCOc1ccc(CC(C)(C)C)cc1. The van der Waals surface area contributed by atoms with Gasteiger partial charge in [-0.25, -0.2) is 0 Å². The van der Waals surface area contributed by atoms with Crippen molar-refractivity contribution in [2.45, 2.75) is 33.6 Å². The first kappa shape index (κ1) is 14.0. The van der Waals surface area contributed by atoms with Crippen molar-refractivity contribution in [1.29, 1.82) is 0 Å². The van der Waals surface area contributed by atoms with Crippen LogP contribution in [-0.4, -0.2) is 20.2 Å². The summed E-state index contributed by atoms with van der Waals surface area (Å²) in [5.74, 6) is 0.971. The highest BCUT2D eigenvalue weighted by atomic mass is 16.5. The fourth-order valence-corrected chi connectivity index (χ4v) is 1.75. The molecule has 0 fully saturated rings. The lowest BCUT2D eigenvalue weighted by atomic mass is 9.88. The van der Waals surface area contributed by atoms with Crippen LogP contribution < -0.4 is 10.1 Å². The van der Waals surface area contributed by atoms with Crippen molar-refractivity contribution in [3.8, 4) is 5.75 Å². The van der Waals surface area contributed by atoms with Crippen LogP contribution in [0.4, 0.5) is 0 Å². The predicted molar refractivity (Wildman–Crippen MR) is 73.6 cm³/mol. The van der Waals surface area contributed by atoms with Gasteiger partial charge in [-0.2, -0.15) is 0 Å². The third kappa shape index (κ3) is 6.32. The lowest BCUT2D eigenvalue weighted by Gasteiger charge is -2.18. The molecule has 0 amide bonds. The summed E-state index contributed by atoms with van der Waals surface area (Å²) in [5, 5.41) is 3.11. The van der Waals surface area contributed by atoms with Gasteiger partial charge in [0.25, 0.3) is 0 Å². The molecule has 1 aromatic carbocycles. The highest BCUT2D eigenvalue weighted by molar-refractivity contribution is 5.27. The van der Waals surface area contributed by atoms with Gasteiger partial charge in [0, 0.05) is 0 Å². The van der Waals surface area contributed by atoms with E-state index in [1.165, 1.54) is 5.56 Å². The zero-order chi connectivity index (χ0) is 12.7. The van der Waals surface area contributed by atoms with Crippen LogP contribution in [-0.2, 0) is 6.42 Å². The molecule has 0 spiro atoms. The number of rotatable bonds is 6. The average Bonchev–Trinajstić information content (AvgIpc) is 2.25. The molecule has 1 aromatic rings. The fraction of sp³-hybridized carbons (Fsp3) is 0.600. The Labute approximate surface area is 105 Å². The Morgan fingerprint density at radius 1 is 1.12 bits per heavy atom. The maximum absolute atomic E-state index is 5.65. The molecule has 0 radical (unpaired) electrons. The minimum atomic E-state index is 0.342. The monoisotopic (exact) mass is 235 g/mol. The first-order valence-electron chi connectivity index (χ1n) is 6.37. The molecule has 1 rings (SSSR count). The summed E-state index contributed by atoms with van der Waals surface area (Å²) in [6, 6.07) is 8.47. The van der Waals surface area contributed by atoms with E-state index in [1.54, 1.807) is 0 Å². The lowest BCUT2D eigenvalue weighted by molar-refractivity contribution is 0.309. The highest BCUT2D eigenvalue weighted by Crippen LogP contribution is 2.22. The third-order valence-electron chi connectivity index (χ3n) is 2.50. The Kier molecular flexibility index (Phi) is 5.49. The summed E-state index contributed by atoms with van der Waals surface area (Å²) in [7, 11) is 1.96. The van der Waals surface area contributed by atoms with Crippen molar-refractivity contribution in [1.82, 2.24) is 5.32 Å². The van der Waals surface area contributed by atoms with Crippen LogP contribution in [0.2, 0.25) is 0 Å². The second-order valence-electron chi connectivity index (χ2n) is 5.69. The van der Waals surface area contributed by atoms with E-state index < -0.39 is 0 Å². The lowest BCUT2D eigenvalue weighted by Crippen LogP contribution is -2.11. The molecular weight excluding hydrogens is 210 g/mol. The topological polar surface area (TPSA) is 21.3 Å². The molecule has 0 aliphatic heterocycles. The molecule has 0 atom stereocenters. The summed E-state index contributed by atoms with van der Waals surface area (Å²) in [5.41, 5.74) is 1.72. The normalized spacial score (nSPS) is 11.5. The number of hydrogen-bond acceptors (Lipinski definition) is 2. The van der Waals surface area contributed by atoms with Crippen molar-refractivity contribution in [3.05, 3.63) is 29.8 Å². The Bertz CT molecular complexity index is 311. The van der Waals surface area contributed by atoms with Gasteiger partial charge >= 0.3 is 0 Å². The van der Waals surface area contributed by atoms with Crippen LogP contribution in [0.1, 0.15) is 32.8 Å². The smallest absolute Gasteiger partial charge is 0.119 e. The molecule has 1 N–H and O–H groups in total. The van der Waals surface area contributed by atoms with Crippen molar-refractivity contribution in [3.63, 3.8) is 0 Å². The highest BCUT2D eigenvalue weighted by Gasteiger charge is 2.10. The molecule has 0 saturated carbocycles. The zero-order valence-electron chi connectivity index (χ0n) is 11.5. The second kappa shape index (κ2) is 6.65. The van der Waals surface area contributed by atoms with Gasteiger partial charge in [-0.3, -0.25) is 0 Å². The molecule has 0 aliphatic carbocycles. The number of ether oxygens (including phenoxy) is 1. The number of benzene rings is 1. The largest absolute Gasteiger partial charge is 0.494 e. The van der Waals surface area contributed by atoms with Gasteiger partial charge in [-0.15, -0.1) is 0 Å². The van der Waals surface area contributed by atoms with Crippen LogP contribution in [0.5, 0.6) is 5.75 Å². The Balaban J connectivity index is 2.39. The summed E-state index contributed by atoms with van der Waals surface area (Å²) in [4.78, 5) is 0. The first-order valence-corrected chi connectivity index (χ1v) is 6.37. The average molecular weight is 235 g/mol. The van der Waals surface area contributed by atoms with E-state index in [9.17, 15) is 0 Å². The maximum Gasteiger partial charge on any atom is 0.119 e. The molecule has 96 valence electrons. The summed E-state index contributed by atoms with van der Waals surface area (Å²) >= 11 is 0. The van der Waals surface area contributed by atoms with Gasteiger partial charge < -0.3 is 10.1 Å². The maximum atomic E-state index is 5.65. The predicted octanol–water partition coefficient (Wildman–Crippen LogP) is 3.26. The Morgan fingerprint density at radius 2 is 1.76 bits per heavy atom. The van der Waals surface area contributed by atoms with E-state index in [0.717, 1.165) is 31.7 Å². The third-order valence-corrected chi connectivity index (χ3v) is 2.50. The zero-order valence-corrected chi connectivity index (χ0v) is 11.5. The van der Waals surface area contributed by atoms with Crippen molar-refractivity contribution in [2.75, 3.05) is 20.2 Å². The standard InChI is InChI=1S/C15H25NO/c1-15(2,3)12-13-6-8-14(9-7-13)17-11-5-10-16-4/h6-9,16H,5,10-12H2,1-4H3. The quantitative estimate of drug-likeness (QED) is 0.764. The van der Waals surface area contributed by atoms with E-state index >= 15 is 0 Å². The molecule has 0 bridgehead atoms. The van der Waals surface area contributed by atoms with Crippen LogP contribution >= 0.6 is 0 Å². The van der Waals surface area contributed by atoms with E-state index in [2.05, 4.69) is 50.4 Å². The Morgan fingerprint density at radius 3 is 2.29 bits per heavy atom. The molecule has 0 unspecified atom stereocenters. The van der Waals surface area contributed by atoms with Crippen molar-refractivity contribution in [2.24, 2.45) is 5.41 Å². The number of hydrogen-bond donors (Lipinski definition) is 1. The number of nitrogens with one attached hydrogen (secondary N) is 1. The van der Waals surface area contributed by atoms with Gasteiger partial charge in [0.05, 0.1) is 6.61 Å². The van der Waals surface area contributed by atoms with Crippen molar-refractivity contribution < 1.29 is 4.74 Å². The summed E-state index contributed by atoms with van der Waals surface area (Å²) < 4.78 is 5.65. The molecule has 2 heteroatoms. The van der Waals surface area contributed by atoms with Crippen LogP contribution in [0.3, 0.4) is 0 Å². The molecule has 0 saturated heterocycles. The van der Waals surface area contributed by atoms with E-state index in [1.807, 2.05) is 7.05 Å². The van der Waals surface area contributed by atoms with E-state index in [-0.39, 0.29) is 0 Å². The van der Waals surface area contributed by atoms with Crippen molar-refractivity contribution >= 4 is 0 Å². The van der Waals surface area contributed by atoms with E-state index in [4.69, 9.17) is 4.74 Å². The van der Waals surface area contributed by atoms with Gasteiger partial charge in [0.2, 0.25) is 0 Å². The summed E-state index contributed by atoms with van der Waals surface area (Å²) in [6.07, 6.45) is 2.15. The Hall–Kier alpha value is -1.02. The minimum Gasteiger partial charge on any atom is -0.494 e. The van der Waals surface area contributed by atoms with Crippen LogP contribution in [0, 0.1) is 5.41 Å². The molecule has 0 heterocycles. The molecular formula is C15H25NO. The first-order chi connectivity index (χ1) is 8.01. The molecule has 0 aromatic heterocycles. The van der Waals surface area contributed by atoms with Gasteiger partial charge in [0.15, 0.2) is 0 Å². The van der Waals surface area contributed by atoms with Gasteiger partial charge in [0.1, 0.15) is 5.75 Å². The molecule has 0 aliphatic rings. The molecule has 2 nitrogen and oxygen atoms in total. The van der Waals surface area contributed by atoms with Crippen LogP contribution in [0.25, 0.3) is 0 Å². The van der Waals surface area contributed by atoms with E-state index in [0.29, 0.717) is 5.41 Å². The van der Waals surface area contributed by atoms with Crippen LogP contribution in [0.15, 0.2) is 24.3 Å². The minimum absolute atomic E-state index is 0.342. The van der Waals surface area contributed by atoms with Gasteiger partial charge in [-0.1, -0.05) is 32.9 Å². The molecule has 17 heavy (non-hydrogen) atoms. The van der Waals surface area contributed by atoms with Gasteiger partial charge in [-0.05, 0) is 49.5 Å². The summed E-state index contributed by atoms with van der Waals surface area (Å²) in [6.45, 7) is 8.56. The second-order valence-corrected chi connectivity index (χ2v) is 5.69.